The third-order valence-corrected chi connectivity index (χ3v) is 7.32. The van der Waals surface area contributed by atoms with Crippen LogP contribution in [0, 0.1) is 0 Å². The summed E-state index contributed by atoms with van der Waals surface area (Å²) in [6, 6.07) is 9.24. The molecule has 4 heterocycles. The maximum atomic E-state index is 11.4. The van der Waals surface area contributed by atoms with Gasteiger partial charge in [-0.05, 0) is 60.8 Å². The summed E-state index contributed by atoms with van der Waals surface area (Å²) in [6.45, 7) is 0.598. The van der Waals surface area contributed by atoms with E-state index in [1.54, 1.807) is 6.20 Å². The fourth-order valence-corrected chi connectivity index (χ4v) is 5.91. The first kappa shape index (κ1) is 16.1. The first-order valence-electron chi connectivity index (χ1n) is 9.73. The van der Waals surface area contributed by atoms with E-state index in [2.05, 4.69) is 33.6 Å². The van der Waals surface area contributed by atoms with Crippen molar-refractivity contribution in [3.63, 3.8) is 0 Å². The van der Waals surface area contributed by atoms with Crippen LogP contribution in [-0.2, 0) is 25.0 Å². The number of rotatable bonds is 2. The Bertz CT molecular complexity index is 1090. The zero-order valence-corrected chi connectivity index (χ0v) is 16.1. The number of halogens is 1. The number of nitrogens with zero attached hydrogens (tertiary/aromatic N) is 3. The lowest BCUT2D eigenvalue weighted by molar-refractivity contribution is -0.00494. The zero-order valence-electron chi connectivity index (χ0n) is 15.3. The van der Waals surface area contributed by atoms with E-state index in [-0.39, 0.29) is 0 Å². The molecule has 1 saturated heterocycles. The highest BCUT2D eigenvalue weighted by Crippen LogP contribution is 2.49. The van der Waals surface area contributed by atoms with Crippen LogP contribution >= 0.6 is 11.6 Å². The highest BCUT2D eigenvalue weighted by atomic mass is 35.5. The summed E-state index contributed by atoms with van der Waals surface area (Å²) in [5.74, 6) is 0. The molecule has 3 aliphatic rings. The number of benzene rings is 1. The normalized spacial score (nSPS) is 28.9. The topological polar surface area (TPSA) is 41.3 Å². The summed E-state index contributed by atoms with van der Waals surface area (Å²) >= 11 is 6.37. The number of aromatic nitrogens is 2. The average Bonchev–Trinajstić information content (AvgIpc) is 3.05. The number of fused-ring (bicyclic) bond motifs is 7. The Hall–Kier alpha value is -1.88. The van der Waals surface area contributed by atoms with Crippen molar-refractivity contribution < 1.29 is 5.11 Å². The van der Waals surface area contributed by atoms with Crippen molar-refractivity contribution in [2.75, 3.05) is 7.05 Å². The molecule has 0 radical (unpaired) electrons. The smallest absolute Gasteiger partial charge is 0.112 e. The van der Waals surface area contributed by atoms with Gasteiger partial charge in [-0.3, -0.25) is 9.88 Å². The van der Waals surface area contributed by atoms with Crippen molar-refractivity contribution in [3.8, 4) is 0 Å². The van der Waals surface area contributed by atoms with E-state index in [0.29, 0.717) is 25.0 Å². The van der Waals surface area contributed by atoms with E-state index in [1.807, 2.05) is 18.3 Å². The fourth-order valence-electron chi connectivity index (χ4n) is 5.74. The maximum absolute atomic E-state index is 11.4. The van der Waals surface area contributed by atoms with Crippen LogP contribution < -0.4 is 0 Å². The number of aliphatic hydroxyl groups is 1. The minimum absolute atomic E-state index is 0.466. The van der Waals surface area contributed by atoms with Gasteiger partial charge < -0.3 is 9.67 Å². The first-order chi connectivity index (χ1) is 13.0. The Morgan fingerprint density at radius 1 is 1.30 bits per heavy atom. The standard InChI is InChI=1S/C22H22ClN3O/c1-25-15-3-5-19(25)21-16-8-14(23)2-4-18(16)26(20(21)9-15)12-22(27)10-13-11-24-7-6-17(13)22/h2,4,6-8,11,15,19,27H,3,5,9-10,12H2,1H3. The van der Waals surface area contributed by atoms with Crippen LogP contribution in [-0.4, -0.2) is 32.6 Å². The highest BCUT2D eigenvalue weighted by Gasteiger charge is 2.45. The van der Waals surface area contributed by atoms with Gasteiger partial charge in [0.1, 0.15) is 5.60 Å². The summed E-state index contributed by atoms with van der Waals surface area (Å²) in [5.41, 5.74) is 5.41. The van der Waals surface area contributed by atoms with Crippen LogP contribution in [0.4, 0.5) is 0 Å². The molecule has 2 bridgehead atoms. The molecule has 5 heteroatoms. The largest absolute Gasteiger partial charge is 0.383 e. The number of likely N-dealkylation sites (N-methyl/N-ethyl adjacent to an activating group) is 1. The van der Waals surface area contributed by atoms with E-state index in [1.165, 1.54) is 35.0 Å². The minimum Gasteiger partial charge on any atom is -0.383 e. The Morgan fingerprint density at radius 2 is 2.19 bits per heavy atom. The Morgan fingerprint density at radius 3 is 3.04 bits per heavy atom. The molecule has 1 aliphatic carbocycles. The monoisotopic (exact) mass is 379 g/mol. The van der Waals surface area contributed by atoms with Crippen LogP contribution in [0.25, 0.3) is 10.9 Å². The predicted molar refractivity (Wildman–Crippen MR) is 106 cm³/mol. The molecule has 6 rings (SSSR count). The summed E-state index contributed by atoms with van der Waals surface area (Å²) in [5, 5.41) is 13.4. The van der Waals surface area contributed by atoms with Gasteiger partial charge in [0.25, 0.3) is 0 Å². The minimum atomic E-state index is -0.806. The van der Waals surface area contributed by atoms with Gasteiger partial charge in [-0.15, -0.1) is 0 Å². The van der Waals surface area contributed by atoms with Gasteiger partial charge in [-0.1, -0.05) is 11.6 Å². The maximum Gasteiger partial charge on any atom is 0.112 e. The molecule has 3 unspecified atom stereocenters. The molecule has 138 valence electrons. The Balaban J connectivity index is 1.54. The predicted octanol–water partition coefficient (Wildman–Crippen LogP) is 3.83. The van der Waals surface area contributed by atoms with Crippen LogP contribution in [0.1, 0.15) is 41.3 Å². The van der Waals surface area contributed by atoms with Gasteiger partial charge in [-0.2, -0.15) is 0 Å². The number of pyridine rings is 1. The lowest BCUT2D eigenvalue weighted by Gasteiger charge is -2.40. The molecule has 2 aromatic heterocycles. The van der Waals surface area contributed by atoms with E-state index in [9.17, 15) is 5.11 Å². The van der Waals surface area contributed by atoms with Gasteiger partial charge in [-0.25, -0.2) is 0 Å². The van der Waals surface area contributed by atoms with Crippen molar-refractivity contribution in [3.05, 3.63) is 64.1 Å². The Kier molecular flexibility index (Phi) is 3.19. The van der Waals surface area contributed by atoms with Gasteiger partial charge in [0, 0.05) is 58.9 Å². The van der Waals surface area contributed by atoms with Crippen LogP contribution in [0.5, 0.6) is 0 Å². The molecule has 3 aromatic rings. The molecule has 0 spiro atoms. The summed E-state index contributed by atoms with van der Waals surface area (Å²) in [6.07, 6.45) is 7.83. The molecule has 1 fully saturated rings. The molecular weight excluding hydrogens is 358 g/mol. The zero-order chi connectivity index (χ0) is 18.3. The lowest BCUT2D eigenvalue weighted by Crippen LogP contribution is -2.43. The summed E-state index contributed by atoms with van der Waals surface area (Å²) in [7, 11) is 2.25. The van der Waals surface area contributed by atoms with Crippen molar-refractivity contribution in [2.45, 2.75) is 49.9 Å². The van der Waals surface area contributed by atoms with Crippen molar-refractivity contribution in [2.24, 2.45) is 0 Å². The summed E-state index contributed by atoms with van der Waals surface area (Å²) < 4.78 is 2.38. The summed E-state index contributed by atoms with van der Waals surface area (Å²) in [4.78, 5) is 6.72. The molecule has 0 saturated carbocycles. The van der Waals surface area contributed by atoms with Crippen LogP contribution in [0.15, 0.2) is 36.7 Å². The van der Waals surface area contributed by atoms with Crippen molar-refractivity contribution >= 4 is 22.5 Å². The third-order valence-electron chi connectivity index (χ3n) is 7.09. The van der Waals surface area contributed by atoms with Crippen LogP contribution in [0.3, 0.4) is 0 Å². The van der Waals surface area contributed by atoms with Gasteiger partial charge in [0.15, 0.2) is 0 Å². The van der Waals surface area contributed by atoms with Gasteiger partial charge in [0.2, 0.25) is 0 Å². The SMILES string of the molecule is CN1C2CCC1c1c(n(CC3(O)Cc4cnccc43)c3ccc(Cl)cc13)C2. The molecule has 27 heavy (non-hydrogen) atoms. The quantitative estimate of drug-likeness (QED) is 0.735. The molecule has 1 N–H and O–H groups in total. The Labute approximate surface area is 163 Å². The average molecular weight is 380 g/mol. The second-order valence-electron chi connectivity index (χ2n) is 8.47. The number of hydrogen-bond donors (Lipinski definition) is 1. The fraction of sp³-hybridized carbons (Fsp3) is 0.409. The van der Waals surface area contributed by atoms with Crippen molar-refractivity contribution in [1.29, 1.82) is 0 Å². The number of hydrogen-bond acceptors (Lipinski definition) is 3. The van der Waals surface area contributed by atoms with Crippen molar-refractivity contribution in [1.82, 2.24) is 14.5 Å². The van der Waals surface area contributed by atoms with Gasteiger partial charge in [0.05, 0.1) is 6.54 Å². The van der Waals surface area contributed by atoms with E-state index in [4.69, 9.17) is 11.6 Å². The van der Waals surface area contributed by atoms with E-state index in [0.717, 1.165) is 22.6 Å². The van der Waals surface area contributed by atoms with Gasteiger partial charge >= 0.3 is 0 Å². The highest BCUT2D eigenvalue weighted by molar-refractivity contribution is 6.31. The van der Waals surface area contributed by atoms with Crippen LogP contribution in [0.2, 0.25) is 5.02 Å². The molecule has 1 aromatic carbocycles. The molecular formula is C22H22ClN3O. The third kappa shape index (κ3) is 2.09. The van der Waals surface area contributed by atoms with E-state index >= 15 is 0 Å². The molecule has 0 amide bonds. The second-order valence-corrected chi connectivity index (χ2v) is 8.90. The second kappa shape index (κ2) is 5.34. The molecule has 2 aliphatic heterocycles. The molecule has 3 atom stereocenters. The first-order valence-corrected chi connectivity index (χ1v) is 10.1. The molecule has 4 nitrogen and oxygen atoms in total. The van der Waals surface area contributed by atoms with E-state index < -0.39 is 5.60 Å². The lowest BCUT2D eigenvalue weighted by atomic mass is 9.74.